The van der Waals surface area contributed by atoms with E-state index in [1.165, 1.54) is 4.88 Å². The molecule has 0 spiro atoms. The first kappa shape index (κ1) is 15.1. The van der Waals surface area contributed by atoms with Gasteiger partial charge in [-0.05, 0) is 23.6 Å². The maximum absolute atomic E-state index is 13.2. The largest absolute Gasteiger partial charge is 0.336 e. The van der Waals surface area contributed by atoms with Gasteiger partial charge in [0.2, 0.25) is 0 Å². The Balaban J connectivity index is 1.59. The number of nitrogens with zero attached hydrogens (tertiary/aromatic N) is 2. The number of halogens is 2. The Kier molecular flexibility index (Phi) is 4.49. The van der Waals surface area contributed by atoms with Crippen molar-refractivity contribution in [3.8, 4) is 0 Å². The van der Waals surface area contributed by atoms with Crippen LogP contribution in [-0.4, -0.2) is 41.9 Å². The van der Waals surface area contributed by atoms with E-state index in [0.717, 1.165) is 37.8 Å². The van der Waals surface area contributed by atoms with E-state index < -0.39 is 11.6 Å². The first-order valence-electron chi connectivity index (χ1n) is 7.12. The molecule has 22 heavy (non-hydrogen) atoms. The Hall–Kier alpha value is -1.79. The summed E-state index contributed by atoms with van der Waals surface area (Å²) < 4.78 is 26.4. The van der Waals surface area contributed by atoms with E-state index in [-0.39, 0.29) is 11.5 Å². The number of amides is 1. The summed E-state index contributed by atoms with van der Waals surface area (Å²) in [4.78, 5) is 17.5. The molecule has 0 unspecified atom stereocenters. The second-order valence-corrected chi connectivity index (χ2v) is 6.34. The molecule has 1 aromatic heterocycles. The predicted molar refractivity (Wildman–Crippen MR) is 81.9 cm³/mol. The van der Waals surface area contributed by atoms with Crippen LogP contribution in [0.2, 0.25) is 0 Å². The van der Waals surface area contributed by atoms with E-state index in [0.29, 0.717) is 13.1 Å². The van der Waals surface area contributed by atoms with Crippen molar-refractivity contribution in [1.29, 1.82) is 0 Å². The SMILES string of the molecule is O=C(c1cc(F)cc(F)c1)N1CCN(Cc2cccs2)CC1. The molecule has 116 valence electrons. The van der Waals surface area contributed by atoms with E-state index in [9.17, 15) is 13.6 Å². The van der Waals surface area contributed by atoms with Crippen molar-refractivity contribution < 1.29 is 13.6 Å². The third-order valence-electron chi connectivity index (χ3n) is 3.73. The normalized spacial score (nSPS) is 16.0. The van der Waals surface area contributed by atoms with Crippen LogP contribution in [0.1, 0.15) is 15.2 Å². The van der Waals surface area contributed by atoms with Gasteiger partial charge in [-0.3, -0.25) is 9.69 Å². The molecule has 1 fully saturated rings. The topological polar surface area (TPSA) is 23.6 Å². The van der Waals surface area contributed by atoms with Gasteiger partial charge in [0.15, 0.2) is 0 Å². The van der Waals surface area contributed by atoms with Gasteiger partial charge in [0.25, 0.3) is 5.91 Å². The minimum atomic E-state index is -0.723. The summed E-state index contributed by atoms with van der Waals surface area (Å²) >= 11 is 1.72. The van der Waals surface area contributed by atoms with Crippen LogP contribution >= 0.6 is 11.3 Å². The van der Waals surface area contributed by atoms with Crippen LogP contribution in [0.3, 0.4) is 0 Å². The molecule has 0 bridgehead atoms. The third-order valence-corrected chi connectivity index (χ3v) is 4.59. The Morgan fingerprint density at radius 3 is 2.36 bits per heavy atom. The molecule has 1 aliphatic heterocycles. The number of hydrogen-bond acceptors (Lipinski definition) is 3. The van der Waals surface area contributed by atoms with Crippen molar-refractivity contribution in [2.24, 2.45) is 0 Å². The molecule has 6 heteroatoms. The molecular weight excluding hydrogens is 306 g/mol. The highest BCUT2D eigenvalue weighted by atomic mass is 32.1. The fraction of sp³-hybridized carbons (Fsp3) is 0.312. The zero-order valence-electron chi connectivity index (χ0n) is 12.0. The van der Waals surface area contributed by atoms with Crippen molar-refractivity contribution in [2.75, 3.05) is 26.2 Å². The predicted octanol–water partition coefficient (Wildman–Crippen LogP) is 2.98. The molecule has 2 heterocycles. The number of piperazine rings is 1. The lowest BCUT2D eigenvalue weighted by molar-refractivity contribution is 0.0628. The van der Waals surface area contributed by atoms with E-state index in [1.54, 1.807) is 16.2 Å². The van der Waals surface area contributed by atoms with Crippen LogP contribution in [0.25, 0.3) is 0 Å². The lowest BCUT2D eigenvalue weighted by Crippen LogP contribution is -2.48. The highest BCUT2D eigenvalue weighted by molar-refractivity contribution is 7.09. The van der Waals surface area contributed by atoms with Crippen molar-refractivity contribution in [3.05, 3.63) is 57.8 Å². The second-order valence-electron chi connectivity index (χ2n) is 5.31. The van der Waals surface area contributed by atoms with Crippen molar-refractivity contribution in [2.45, 2.75) is 6.54 Å². The van der Waals surface area contributed by atoms with Gasteiger partial charge in [-0.15, -0.1) is 11.3 Å². The number of carbonyl (C=O) groups excluding carboxylic acids is 1. The minimum absolute atomic E-state index is 0.0733. The van der Waals surface area contributed by atoms with Crippen LogP contribution in [0.4, 0.5) is 8.78 Å². The molecule has 0 N–H and O–H groups in total. The number of benzene rings is 1. The molecule has 1 aromatic carbocycles. The second kappa shape index (κ2) is 6.54. The van der Waals surface area contributed by atoms with Gasteiger partial charge in [-0.2, -0.15) is 0 Å². The minimum Gasteiger partial charge on any atom is -0.336 e. The van der Waals surface area contributed by atoms with Gasteiger partial charge in [-0.1, -0.05) is 6.07 Å². The van der Waals surface area contributed by atoms with Gasteiger partial charge in [0.1, 0.15) is 11.6 Å². The smallest absolute Gasteiger partial charge is 0.254 e. The lowest BCUT2D eigenvalue weighted by atomic mass is 10.1. The molecule has 1 aliphatic rings. The summed E-state index contributed by atoms with van der Waals surface area (Å²) in [5.74, 6) is -1.76. The summed E-state index contributed by atoms with van der Waals surface area (Å²) in [6.07, 6.45) is 0. The molecule has 1 saturated heterocycles. The summed E-state index contributed by atoms with van der Waals surface area (Å²) in [6.45, 7) is 3.56. The molecular formula is C16H16F2N2OS. The Bertz CT molecular complexity index is 632. The van der Waals surface area contributed by atoms with E-state index in [4.69, 9.17) is 0 Å². The molecule has 3 rings (SSSR count). The maximum Gasteiger partial charge on any atom is 0.254 e. The molecule has 3 nitrogen and oxygen atoms in total. The Morgan fingerprint density at radius 2 is 1.77 bits per heavy atom. The first-order chi connectivity index (χ1) is 10.6. The van der Waals surface area contributed by atoms with E-state index >= 15 is 0 Å². The highest BCUT2D eigenvalue weighted by Crippen LogP contribution is 2.16. The molecule has 0 aliphatic carbocycles. The van der Waals surface area contributed by atoms with Crippen molar-refractivity contribution in [1.82, 2.24) is 9.80 Å². The molecule has 1 amide bonds. The molecule has 2 aromatic rings. The average Bonchev–Trinajstić information content (AvgIpc) is 2.99. The number of rotatable bonds is 3. The van der Waals surface area contributed by atoms with Crippen LogP contribution in [0.15, 0.2) is 35.7 Å². The highest BCUT2D eigenvalue weighted by Gasteiger charge is 2.23. The number of carbonyl (C=O) groups is 1. The van der Waals surface area contributed by atoms with Crippen LogP contribution in [0, 0.1) is 11.6 Å². The van der Waals surface area contributed by atoms with Gasteiger partial charge < -0.3 is 4.90 Å². The average molecular weight is 322 g/mol. The quantitative estimate of drug-likeness (QED) is 0.867. The Morgan fingerprint density at radius 1 is 1.09 bits per heavy atom. The maximum atomic E-state index is 13.2. The van der Waals surface area contributed by atoms with Gasteiger partial charge in [0, 0.05) is 49.2 Å². The van der Waals surface area contributed by atoms with E-state index in [2.05, 4.69) is 11.0 Å². The van der Waals surface area contributed by atoms with Gasteiger partial charge in [0.05, 0.1) is 0 Å². The Labute approximate surface area is 131 Å². The first-order valence-corrected chi connectivity index (χ1v) is 8.00. The fourth-order valence-electron chi connectivity index (χ4n) is 2.59. The van der Waals surface area contributed by atoms with Crippen molar-refractivity contribution in [3.63, 3.8) is 0 Å². The summed E-state index contributed by atoms with van der Waals surface area (Å²) in [6, 6.07) is 7.07. The van der Waals surface area contributed by atoms with Crippen LogP contribution < -0.4 is 0 Å². The fourth-order valence-corrected chi connectivity index (χ4v) is 3.34. The van der Waals surface area contributed by atoms with Crippen molar-refractivity contribution >= 4 is 17.2 Å². The molecule has 0 radical (unpaired) electrons. The van der Waals surface area contributed by atoms with Gasteiger partial charge in [-0.25, -0.2) is 8.78 Å². The third kappa shape index (κ3) is 3.51. The van der Waals surface area contributed by atoms with E-state index in [1.807, 2.05) is 11.4 Å². The summed E-state index contributed by atoms with van der Waals surface area (Å²) in [5.41, 5.74) is 0.0733. The molecule has 0 saturated carbocycles. The van der Waals surface area contributed by atoms with Crippen LogP contribution in [-0.2, 0) is 6.54 Å². The van der Waals surface area contributed by atoms with Gasteiger partial charge >= 0.3 is 0 Å². The number of hydrogen-bond donors (Lipinski definition) is 0. The van der Waals surface area contributed by atoms with Crippen LogP contribution in [0.5, 0.6) is 0 Å². The standard InChI is InChI=1S/C16H16F2N2OS/c17-13-8-12(9-14(18)10-13)16(21)20-5-3-19(4-6-20)11-15-2-1-7-22-15/h1-2,7-10H,3-6,11H2. The molecule has 0 atom stereocenters. The zero-order valence-corrected chi connectivity index (χ0v) is 12.8. The monoisotopic (exact) mass is 322 g/mol. The summed E-state index contributed by atoms with van der Waals surface area (Å²) in [7, 11) is 0. The zero-order chi connectivity index (χ0) is 15.5. The number of thiophene rings is 1. The summed E-state index contributed by atoms with van der Waals surface area (Å²) in [5, 5.41) is 2.05. The lowest BCUT2D eigenvalue weighted by Gasteiger charge is -2.34.